The van der Waals surface area contributed by atoms with Gasteiger partial charge in [-0.3, -0.25) is 4.90 Å². The lowest BCUT2D eigenvalue weighted by Gasteiger charge is -2.39. The number of benzene rings is 1. The van der Waals surface area contributed by atoms with E-state index in [0.717, 1.165) is 32.0 Å². The number of aryl methyl sites for hydroxylation is 1. The van der Waals surface area contributed by atoms with Crippen molar-refractivity contribution in [2.75, 3.05) is 26.2 Å². The van der Waals surface area contributed by atoms with E-state index in [1.165, 1.54) is 18.4 Å². The predicted octanol–water partition coefficient (Wildman–Crippen LogP) is 2.84. The van der Waals surface area contributed by atoms with Gasteiger partial charge in [0.05, 0.1) is 0 Å². The number of hydrogen-bond donors (Lipinski definition) is 1. The van der Waals surface area contributed by atoms with Gasteiger partial charge in [0.15, 0.2) is 0 Å². The average molecular weight is 276 g/mol. The van der Waals surface area contributed by atoms with E-state index in [9.17, 15) is 0 Å². The molecular weight excluding hydrogens is 248 g/mol. The Kier molecular flexibility index (Phi) is 5.86. The Morgan fingerprint density at radius 1 is 1.30 bits per heavy atom. The fourth-order valence-corrected chi connectivity index (χ4v) is 2.86. The molecule has 1 fully saturated rings. The van der Waals surface area contributed by atoms with Crippen LogP contribution in [0.1, 0.15) is 32.3 Å². The summed E-state index contributed by atoms with van der Waals surface area (Å²) in [5.41, 5.74) is 1.25. The van der Waals surface area contributed by atoms with Crippen LogP contribution in [0.25, 0.3) is 0 Å². The van der Waals surface area contributed by atoms with E-state index in [4.69, 9.17) is 4.74 Å². The van der Waals surface area contributed by atoms with Crippen LogP contribution in [0, 0.1) is 6.92 Å². The Morgan fingerprint density at radius 2 is 2.15 bits per heavy atom. The maximum absolute atomic E-state index is 5.89. The molecule has 20 heavy (non-hydrogen) atoms. The molecule has 0 aliphatic carbocycles. The van der Waals surface area contributed by atoms with Gasteiger partial charge in [-0.05, 0) is 37.5 Å². The summed E-state index contributed by atoms with van der Waals surface area (Å²) in [6.07, 6.45) is 2.40. The molecule has 0 amide bonds. The van der Waals surface area contributed by atoms with Gasteiger partial charge in [-0.25, -0.2) is 0 Å². The van der Waals surface area contributed by atoms with Crippen LogP contribution in [0.5, 0.6) is 5.75 Å². The first kappa shape index (κ1) is 15.3. The number of nitrogens with one attached hydrogen (secondary N) is 1. The highest BCUT2D eigenvalue weighted by Crippen LogP contribution is 2.14. The smallest absolute Gasteiger partial charge is 0.119 e. The van der Waals surface area contributed by atoms with Crippen molar-refractivity contribution < 1.29 is 4.74 Å². The van der Waals surface area contributed by atoms with Crippen LogP contribution in [0.4, 0.5) is 0 Å². The molecule has 0 radical (unpaired) electrons. The summed E-state index contributed by atoms with van der Waals surface area (Å²) >= 11 is 0. The molecule has 2 unspecified atom stereocenters. The van der Waals surface area contributed by atoms with Crippen LogP contribution >= 0.6 is 0 Å². The Morgan fingerprint density at radius 3 is 2.85 bits per heavy atom. The van der Waals surface area contributed by atoms with Gasteiger partial charge in [0.2, 0.25) is 0 Å². The van der Waals surface area contributed by atoms with Crippen LogP contribution in [0.15, 0.2) is 24.3 Å². The lowest BCUT2D eigenvalue weighted by Crippen LogP contribution is -2.56. The molecule has 1 aliphatic rings. The molecule has 1 aliphatic heterocycles. The highest BCUT2D eigenvalue weighted by atomic mass is 16.5. The van der Waals surface area contributed by atoms with Gasteiger partial charge < -0.3 is 10.1 Å². The summed E-state index contributed by atoms with van der Waals surface area (Å²) in [4.78, 5) is 2.58. The van der Waals surface area contributed by atoms with Crippen LogP contribution in [-0.2, 0) is 0 Å². The molecular formula is C17H28N2O. The molecule has 2 rings (SSSR count). The summed E-state index contributed by atoms with van der Waals surface area (Å²) in [7, 11) is 0. The van der Waals surface area contributed by atoms with Crippen LogP contribution < -0.4 is 10.1 Å². The van der Waals surface area contributed by atoms with Crippen molar-refractivity contribution in [3.8, 4) is 5.75 Å². The van der Waals surface area contributed by atoms with Crippen molar-refractivity contribution in [2.24, 2.45) is 0 Å². The molecule has 1 heterocycles. The zero-order valence-electron chi connectivity index (χ0n) is 13.1. The molecule has 0 aromatic heterocycles. The van der Waals surface area contributed by atoms with E-state index < -0.39 is 0 Å². The number of nitrogens with zero attached hydrogens (tertiary/aromatic N) is 1. The third kappa shape index (κ3) is 4.22. The van der Waals surface area contributed by atoms with Crippen LogP contribution in [0.2, 0.25) is 0 Å². The van der Waals surface area contributed by atoms with E-state index in [1.807, 2.05) is 6.07 Å². The Bertz CT molecular complexity index is 408. The summed E-state index contributed by atoms with van der Waals surface area (Å²) in [5, 5.41) is 3.63. The van der Waals surface area contributed by atoms with Gasteiger partial charge >= 0.3 is 0 Å². The quantitative estimate of drug-likeness (QED) is 0.864. The van der Waals surface area contributed by atoms with Crippen molar-refractivity contribution >= 4 is 0 Å². The molecule has 1 N–H and O–H groups in total. The molecule has 1 aromatic carbocycles. The third-order valence-corrected chi connectivity index (χ3v) is 4.21. The molecule has 3 nitrogen and oxygen atoms in total. The van der Waals surface area contributed by atoms with Crippen molar-refractivity contribution in [3.05, 3.63) is 29.8 Å². The number of ether oxygens (including phenoxy) is 1. The second-order valence-electron chi connectivity index (χ2n) is 5.74. The van der Waals surface area contributed by atoms with Gasteiger partial charge in [0.25, 0.3) is 0 Å². The maximum atomic E-state index is 5.89. The average Bonchev–Trinajstić information content (AvgIpc) is 2.47. The molecule has 1 saturated heterocycles. The zero-order valence-corrected chi connectivity index (χ0v) is 13.1. The molecule has 3 heteroatoms. The van der Waals surface area contributed by atoms with Gasteiger partial charge in [-0.15, -0.1) is 0 Å². The summed E-state index contributed by atoms with van der Waals surface area (Å²) < 4.78 is 5.89. The van der Waals surface area contributed by atoms with E-state index in [-0.39, 0.29) is 0 Å². The first-order valence-corrected chi connectivity index (χ1v) is 7.89. The molecule has 2 atom stereocenters. The predicted molar refractivity (Wildman–Crippen MR) is 84.4 cm³/mol. The fourth-order valence-electron chi connectivity index (χ4n) is 2.86. The standard InChI is InChI=1S/C17H28N2O/c1-4-15-13-19(16(5-2)12-18-15)9-10-20-17-8-6-7-14(3)11-17/h6-8,11,15-16,18H,4-5,9-10,12-13H2,1-3H3. The van der Waals surface area contributed by atoms with Crippen molar-refractivity contribution in [1.29, 1.82) is 0 Å². The Balaban J connectivity index is 1.81. The monoisotopic (exact) mass is 276 g/mol. The SMILES string of the molecule is CCC1CN(CCOc2cccc(C)c2)C(CC)CN1. The maximum Gasteiger partial charge on any atom is 0.119 e. The number of hydrogen-bond acceptors (Lipinski definition) is 3. The Labute approximate surface area is 123 Å². The molecule has 0 spiro atoms. The van der Waals surface area contributed by atoms with Gasteiger partial charge in [0.1, 0.15) is 12.4 Å². The first-order valence-electron chi connectivity index (χ1n) is 7.89. The molecule has 1 aromatic rings. The minimum atomic E-state index is 0.636. The minimum Gasteiger partial charge on any atom is -0.492 e. The van der Waals surface area contributed by atoms with E-state index in [0.29, 0.717) is 12.1 Å². The van der Waals surface area contributed by atoms with Crippen LogP contribution in [0.3, 0.4) is 0 Å². The van der Waals surface area contributed by atoms with Crippen molar-refractivity contribution in [2.45, 2.75) is 45.7 Å². The summed E-state index contributed by atoms with van der Waals surface area (Å²) in [6.45, 7) is 10.7. The van der Waals surface area contributed by atoms with Gasteiger partial charge in [-0.2, -0.15) is 0 Å². The van der Waals surface area contributed by atoms with Gasteiger partial charge in [0, 0.05) is 31.7 Å². The third-order valence-electron chi connectivity index (χ3n) is 4.21. The normalized spacial score (nSPS) is 23.8. The van der Waals surface area contributed by atoms with E-state index in [2.05, 4.69) is 49.2 Å². The zero-order chi connectivity index (χ0) is 14.4. The second-order valence-corrected chi connectivity index (χ2v) is 5.74. The highest BCUT2D eigenvalue weighted by Gasteiger charge is 2.25. The minimum absolute atomic E-state index is 0.636. The number of piperazine rings is 1. The Hall–Kier alpha value is -1.06. The molecule has 0 bridgehead atoms. The largest absolute Gasteiger partial charge is 0.492 e. The van der Waals surface area contributed by atoms with E-state index >= 15 is 0 Å². The fraction of sp³-hybridized carbons (Fsp3) is 0.647. The van der Waals surface area contributed by atoms with E-state index in [1.54, 1.807) is 0 Å². The first-order chi connectivity index (χ1) is 9.72. The van der Waals surface area contributed by atoms with Crippen molar-refractivity contribution in [3.63, 3.8) is 0 Å². The molecule has 112 valence electrons. The second kappa shape index (κ2) is 7.65. The lowest BCUT2D eigenvalue weighted by atomic mass is 10.1. The van der Waals surface area contributed by atoms with Crippen molar-refractivity contribution in [1.82, 2.24) is 10.2 Å². The summed E-state index contributed by atoms with van der Waals surface area (Å²) in [6, 6.07) is 9.58. The highest BCUT2D eigenvalue weighted by molar-refractivity contribution is 5.27. The van der Waals surface area contributed by atoms with Gasteiger partial charge in [-0.1, -0.05) is 26.0 Å². The van der Waals surface area contributed by atoms with Crippen LogP contribution in [-0.4, -0.2) is 43.2 Å². The topological polar surface area (TPSA) is 24.5 Å². The summed E-state index contributed by atoms with van der Waals surface area (Å²) in [5.74, 6) is 0.986. The number of rotatable bonds is 6. The molecule has 0 saturated carbocycles. The lowest BCUT2D eigenvalue weighted by molar-refractivity contribution is 0.105.